The number of rotatable bonds is 8. The van der Waals surface area contributed by atoms with Gasteiger partial charge in [-0.05, 0) is 29.3 Å². The highest BCUT2D eigenvalue weighted by molar-refractivity contribution is 6.22. The summed E-state index contributed by atoms with van der Waals surface area (Å²) < 4.78 is 0. The minimum Gasteiger partial charge on any atom is -0.494 e. The maximum absolute atomic E-state index is 11.4. The summed E-state index contributed by atoms with van der Waals surface area (Å²) in [6.07, 6.45) is 0. The van der Waals surface area contributed by atoms with E-state index in [4.69, 9.17) is 4.99 Å². The smallest absolute Gasteiger partial charge is 0.270 e. The van der Waals surface area contributed by atoms with Gasteiger partial charge in [-0.3, -0.25) is 10.1 Å². The number of non-ortho nitro benzene ring substituents is 1. The van der Waals surface area contributed by atoms with Crippen LogP contribution >= 0.6 is 0 Å². The van der Waals surface area contributed by atoms with Crippen molar-refractivity contribution in [2.24, 2.45) is 4.99 Å². The van der Waals surface area contributed by atoms with Crippen LogP contribution in [-0.4, -0.2) is 20.7 Å². The van der Waals surface area contributed by atoms with Crippen LogP contribution in [0.1, 0.15) is 22.3 Å². The number of H-pyrrole nitrogens is 1. The molecular formula is C29H24N4O3. The summed E-state index contributed by atoms with van der Waals surface area (Å²) in [6.45, 7) is 1.50. The molecule has 0 unspecified atom stereocenters. The molecule has 36 heavy (non-hydrogen) atoms. The Labute approximate surface area is 207 Å². The van der Waals surface area contributed by atoms with Crippen LogP contribution < -0.4 is 5.32 Å². The summed E-state index contributed by atoms with van der Waals surface area (Å²) in [7, 11) is 0. The van der Waals surface area contributed by atoms with Gasteiger partial charge in [0.2, 0.25) is 0 Å². The quantitative estimate of drug-likeness (QED) is 0.140. The molecule has 7 heteroatoms. The number of nitrogens with zero attached hydrogens (tertiary/aromatic N) is 2. The zero-order chi connectivity index (χ0) is 24.9. The second-order valence-electron chi connectivity index (χ2n) is 8.42. The van der Waals surface area contributed by atoms with Gasteiger partial charge in [0.15, 0.2) is 5.88 Å². The van der Waals surface area contributed by atoms with Gasteiger partial charge in [0, 0.05) is 41.7 Å². The largest absolute Gasteiger partial charge is 0.494 e. The molecule has 0 atom stereocenters. The van der Waals surface area contributed by atoms with E-state index in [0.717, 1.165) is 24.2 Å². The van der Waals surface area contributed by atoms with Crippen LogP contribution in [0.25, 0.3) is 10.9 Å². The molecule has 3 N–H and O–H groups in total. The molecule has 0 saturated carbocycles. The molecule has 0 aliphatic carbocycles. The molecule has 7 nitrogen and oxygen atoms in total. The molecule has 1 heterocycles. The van der Waals surface area contributed by atoms with E-state index < -0.39 is 4.92 Å². The fourth-order valence-corrected chi connectivity index (χ4v) is 4.14. The Bertz CT molecular complexity index is 1530. The van der Waals surface area contributed by atoms with Crippen LogP contribution in [0.5, 0.6) is 5.88 Å². The van der Waals surface area contributed by atoms with Gasteiger partial charge in [-0.15, -0.1) is 0 Å². The molecule has 5 aromatic rings. The van der Waals surface area contributed by atoms with E-state index in [9.17, 15) is 15.2 Å². The molecule has 5 rings (SSSR count). The van der Waals surface area contributed by atoms with Gasteiger partial charge in [0.25, 0.3) is 5.69 Å². The van der Waals surface area contributed by atoms with Crippen molar-refractivity contribution in [3.63, 3.8) is 0 Å². The minimum atomic E-state index is -0.447. The highest BCUT2D eigenvalue weighted by atomic mass is 16.6. The molecule has 0 fully saturated rings. The van der Waals surface area contributed by atoms with Gasteiger partial charge in [0.1, 0.15) is 0 Å². The van der Waals surface area contributed by atoms with E-state index in [1.807, 2.05) is 72.8 Å². The summed E-state index contributed by atoms with van der Waals surface area (Å²) in [5, 5.41) is 26.1. The van der Waals surface area contributed by atoms with Gasteiger partial charge >= 0.3 is 0 Å². The molecule has 4 aromatic carbocycles. The second kappa shape index (κ2) is 10.2. The highest BCUT2D eigenvalue weighted by Crippen LogP contribution is 2.33. The number of hydrogen-bond donors (Lipinski definition) is 3. The van der Waals surface area contributed by atoms with Crippen molar-refractivity contribution in [2.75, 3.05) is 0 Å². The maximum atomic E-state index is 11.4. The van der Waals surface area contributed by atoms with E-state index >= 15 is 0 Å². The average Bonchev–Trinajstić information content (AvgIpc) is 3.24. The van der Waals surface area contributed by atoms with E-state index in [0.29, 0.717) is 27.9 Å². The van der Waals surface area contributed by atoms with Crippen molar-refractivity contribution < 1.29 is 10.0 Å². The Morgan fingerprint density at radius 1 is 0.861 bits per heavy atom. The van der Waals surface area contributed by atoms with Crippen LogP contribution in [0.2, 0.25) is 0 Å². The number of aromatic nitrogens is 1. The first-order valence-electron chi connectivity index (χ1n) is 11.6. The molecule has 1 aromatic heterocycles. The third kappa shape index (κ3) is 5.01. The number of benzene rings is 4. The number of aromatic hydroxyl groups is 1. The summed E-state index contributed by atoms with van der Waals surface area (Å²) in [5.74, 6) is -0.0881. The molecule has 0 aliphatic heterocycles. The topological polar surface area (TPSA) is 104 Å². The number of aliphatic imine (C=N–C) groups is 1. The lowest BCUT2D eigenvalue weighted by molar-refractivity contribution is -0.384. The third-order valence-corrected chi connectivity index (χ3v) is 5.94. The number of fused-ring (bicyclic) bond motifs is 1. The summed E-state index contributed by atoms with van der Waals surface area (Å²) in [4.78, 5) is 18.7. The van der Waals surface area contributed by atoms with Crippen LogP contribution in [0.3, 0.4) is 0 Å². The lowest BCUT2D eigenvalue weighted by atomic mass is 10.0. The number of nitrogens with one attached hydrogen (secondary N) is 2. The van der Waals surface area contributed by atoms with Crippen molar-refractivity contribution >= 4 is 28.0 Å². The van der Waals surface area contributed by atoms with Crippen LogP contribution in [0.4, 0.5) is 11.4 Å². The maximum Gasteiger partial charge on any atom is 0.270 e. The fourth-order valence-electron chi connectivity index (χ4n) is 4.14. The van der Waals surface area contributed by atoms with Crippen molar-refractivity contribution in [1.29, 1.82) is 0 Å². The fraction of sp³-hybridized carbons (Fsp3) is 0.0690. The van der Waals surface area contributed by atoms with Crippen LogP contribution in [0.15, 0.2) is 108 Å². The van der Waals surface area contributed by atoms with E-state index in [1.54, 1.807) is 6.07 Å². The van der Waals surface area contributed by atoms with E-state index in [1.165, 1.54) is 17.7 Å². The van der Waals surface area contributed by atoms with Crippen molar-refractivity contribution in [3.05, 3.63) is 135 Å². The summed E-state index contributed by atoms with van der Waals surface area (Å²) in [5.41, 5.74) is 5.33. The molecule has 0 amide bonds. The minimum absolute atomic E-state index is 0.0532. The first-order chi connectivity index (χ1) is 17.6. The lowest BCUT2D eigenvalue weighted by Crippen LogP contribution is -2.12. The number of hydrogen-bond acceptors (Lipinski definition) is 5. The van der Waals surface area contributed by atoms with Crippen molar-refractivity contribution in [2.45, 2.75) is 13.1 Å². The first-order valence-corrected chi connectivity index (χ1v) is 11.6. The highest BCUT2D eigenvalue weighted by Gasteiger charge is 2.20. The molecule has 0 bridgehead atoms. The first kappa shape index (κ1) is 23.0. The molecule has 0 spiro atoms. The Morgan fingerprint density at radius 2 is 1.50 bits per heavy atom. The van der Waals surface area contributed by atoms with Gasteiger partial charge in [-0.25, -0.2) is 4.99 Å². The molecule has 0 radical (unpaired) electrons. The summed E-state index contributed by atoms with van der Waals surface area (Å²) >= 11 is 0. The Morgan fingerprint density at radius 3 is 2.17 bits per heavy atom. The van der Waals surface area contributed by atoms with Crippen molar-refractivity contribution in [3.8, 4) is 5.88 Å². The molecule has 178 valence electrons. The van der Waals surface area contributed by atoms with Gasteiger partial charge in [-0.2, -0.15) is 0 Å². The van der Waals surface area contributed by atoms with Gasteiger partial charge < -0.3 is 15.4 Å². The van der Waals surface area contributed by atoms with Crippen molar-refractivity contribution in [1.82, 2.24) is 10.3 Å². The predicted octanol–water partition coefficient (Wildman–Crippen LogP) is 6.24. The van der Waals surface area contributed by atoms with Crippen LogP contribution in [-0.2, 0) is 13.1 Å². The monoisotopic (exact) mass is 476 g/mol. The number of nitro groups is 1. The molecular weight excluding hydrogens is 452 g/mol. The molecule has 0 aliphatic rings. The standard InChI is InChI=1S/C29H24N4O3/c34-29-27(25-17-24(33(35)36)15-16-26(25)32-29)28(22-9-5-2-6-10-22)31-23-13-11-21(12-14-23)19-30-18-20-7-3-1-4-8-20/h1-17,30,32,34H,18-19H2. The predicted molar refractivity (Wildman–Crippen MR) is 142 cm³/mol. The molecule has 0 saturated heterocycles. The third-order valence-electron chi connectivity index (χ3n) is 5.94. The SMILES string of the molecule is O=[N+]([O-])c1ccc2[nH]c(O)c(C(=Nc3ccc(CNCc4ccccc4)cc3)c3ccccc3)c2c1. The number of nitro benzene ring substituents is 1. The van der Waals surface area contributed by atoms with E-state index in [2.05, 4.69) is 22.4 Å². The zero-order valence-electron chi connectivity index (χ0n) is 19.4. The van der Waals surface area contributed by atoms with Gasteiger partial charge in [0.05, 0.1) is 21.9 Å². The Hall–Kier alpha value is -4.75. The Balaban J connectivity index is 1.47. The number of aromatic amines is 1. The van der Waals surface area contributed by atoms with E-state index in [-0.39, 0.29) is 11.6 Å². The lowest BCUT2D eigenvalue weighted by Gasteiger charge is -2.09. The normalized spacial score (nSPS) is 11.6. The van der Waals surface area contributed by atoms with Gasteiger partial charge in [-0.1, -0.05) is 72.8 Å². The Kier molecular flexibility index (Phi) is 6.55. The second-order valence-corrected chi connectivity index (χ2v) is 8.42. The summed E-state index contributed by atoms with van der Waals surface area (Å²) in [6, 6.07) is 32.1. The average molecular weight is 477 g/mol. The zero-order valence-corrected chi connectivity index (χ0v) is 19.4. The van der Waals surface area contributed by atoms with Crippen LogP contribution in [0, 0.1) is 10.1 Å².